The largest absolute Gasteiger partial charge is 0.468 e. The average Bonchev–Trinajstić information content (AvgIpc) is 3.04. The average molecular weight is 343 g/mol. The lowest BCUT2D eigenvalue weighted by Crippen LogP contribution is -2.51. The van der Waals surface area contributed by atoms with Crippen LogP contribution in [0, 0.1) is 6.92 Å². The molecule has 134 valence electrons. The second-order valence-corrected chi connectivity index (χ2v) is 6.73. The number of hydrogen-bond donors (Lipinski definition) is 0. The molecule has 1 aromatic carbocycles. The summed E-state index contributed by atoms with van der Waals surface area (Å²) in [5, 5.41) is 4.26. The van der Waals surface area contributed by atoms with Gasteiger partial charge in [-0.1, -0.05) is 24.3 Å². The first-order valence-corrected chi connectivity index (χ1v) is 8.45. The maximum atomic E-state index is 12.6. The molecular weight excluding hydrogens is 318 g/mol. The number of benzene rings is 1. The third kappa shape index (κ3) is 3.45. The number of carbonyl (C=O) groups excluding carboxylic acids is 1. The van der Waals surface area contributed by atoms with Gasteiger partial charge in [-0.25, -0.2) is 4.79 Å². The fraction of sp³-hybridized carbons (Fsp3) is 0.474. The fourth-order valence-electron chi connectivity index (χ4n) is 3.47. The Morgan fingerprint density at radius 1 is 1.40 bits per heavy atom. The van der Waals surface area contributed by atoms with Gasteiger partial charge >= 0.3 is 5.97 Å². The maximum Gasteiger partial charge on any atom is 0.327 e. The van der Waals surface area contributed by atoms with E-state index in [9.17, 15) is 4.79 Å². The predicted octanol–water partition coefficient (Wildman–Crippen LogP) is 2.19. The van der Waals surface area contributed by atoms with Gasteiger partial charge in [0.05, 0.1) is 19.9 Å². The number of ether oxygens (including phenoxy) is 2. The van der Waals surface area contributed by atoms with Crippen LogP contribution in [0.4, 0.5) is 0 Å². The zero-order chi connectivity index (χ0) is 18.0. The molecule has 2 aromatic rings. The molecule has 0 radical (unpaired) electrons. The minimum Gasteiger partial charge on any atom is -0.468 e. The SMILES string of the molecule is COC(=O)C(c1ccccc1C)N1CCOC(C)(c2cnn(C)c2)C1. The third-order valence-electron chi connectivity index (χ3n) is 4.89. The smallest absolute Gasteiger partial charge is 0.327 e. The molecule has 6 heteroatoms. The lowest BCUT2D eigenvalue weighted by molar-refractivity contribution is -0.157. The van der Waals surface area contributed by atoms with Crippen LogP contribution in [0.5, 0.6) is 0 Å². The van der Waals surface area contributed by atoms with Crippen LogP contribution < -0.4 is 0 Å². The standard InChI is InChI=1S/C19H25N3O3/c1-14-7-5-6-8-16(14)17(18(23)24-4)22-9-10-25-19(2,13-22)15-11-20-21(3)12-15/h5-8,11-12,17H,9-10,13H2,1-4H3. The van der Waals surface area contributed by atoms with Gasteiger partial charge in [-0.3, -0.25) is 9.58 Å². The summed E-state index contributed by atoms with van der Waals surface area (Å²) in [6.07, 6.45) is 3.79. The molecule has 0 aliphatic carbocycles. The summed E-state index contributed by atoms with van der Waals surface area (Å²) in [6.45, 7) is 5.87. The molecular formula is C19H25N3O3. The van der Waals surface area contributed by atoms with Crippen molar-refractivity contribution in [2.45, 2.75) is 25.5 Å². The highest BCUT2D eigenvalue weighted by Crippen LogP contribution is 2.34. The van der Waals surface area contributed by atoms with E-state index < -0.39 is 11.6 Å². The fourth-order valence-corrected chi connectivity index (χ4v) is 3.47. The Labute approximate surface area is 148 Å². The van der Waals surface area contributed by atoms with Crippen molar-refractivity contribution in [2.75, 3.05) is 26.8 Å². The Kier molecular flexibility index (Phi) is 4.92. The first-order valence-electron chi connectivity index (χ1n) is 8.45. The molecule has 2 atom stereocenters. The van der Waals surface area contributed by atoms with Crippen LogP contribution in [-0.4, -0.2) is 47.5 Å². The van der Waals surface area contributed by atoms with E-state index in [2.05, 4.69) is 10.00 Å². The number of esters is 1. The van der Waals surface area contributed by atoms with Crippen molar-refractivity contribution in [3.05, 3.63) is 53.3 Å². The Morgan fingerprint density at radius 2 is 2.16 bits per heavy atom. The molecule has 1 saturated heterocycles. The van der Waals surface area contributed by atoms with Crippen molar-refractivity contribution in [1.82, 2.24) is 14.7 Å². The van der Waals surface area contributed by atoms with Gasteiger partial charge < -0.3 is 9.47 Å². The summed E-state index contributed by atoms with van der Waals surface area (Å²) in [7, 11) is 3.33. The Hall–Kier alpha value is -2.18. The van der Waals surface area contributed by atoms with E-state index in [-0.39, 0.29) is 5.97 Å². The molecule has 0 bridgehead atoms. The van der Waals surface area contributed by atoms with Gasteiger partial charge in [0.25, 0.3) is 0 Å². The quantitative estimate of drug-likeness (QED) is 0.797. The number of aryl methyl sites for hydroxylation is 2. The van der Waals surface area contributed by atoms with E-state index in [1.54, 1.807) is 4.68 Å². The van der Waals surface area contributed by atoms with E-state index in [0.717, 1.165) is 16.7 Å². The molecule has 0 saturated carbocycles. The summed E-state index contributed by atoms with van der Waals surface area (Å²) in [5.41, 5.74) is 2.55. The van der Waals surface area contributed by atoms with Gasteiger partial charge in [-0.15, -0.1) is 0 Å². The molecule has 25 heavy (non-hydrogen) atoms. The molecule has 1 aliphatic rings. The third-order valence-corrected chi connectivity index (χ3v) is 4.89. The monoisotopic (exact) mass is 343 g/mol. The van der Waals surface area contributed by atoms with Crippen molar-refractivity contribution < 1.29 is 14.3 Å². The Bertz CT molecular complexity index is 758. The summed E-state index contributed by atoms with van der Waals surface area (Å²) < 4.78 is 13.0. The predicted molar refractivity (Wildman–Crippen MR) is 94.0 cm³/mol. The minimum atomic E-state index is -0.512. The molecule has 0 amide bonds. The van der Waals surface area contributed by atoms with E-state index in [1.165, 1.54) is 7.11 Å². The van der Waals surface area contributed by atoms with Crippen molar-refractivity contribution >= 4 is 5.97 Å². The van der Waals surface area contributed by atoms with Gasteiger partial charge in [-0.2, -0.15) is 5.10 Å². The maximum absolute atomic E-state index is 12.6. The number of hydrogen-bond acceptors (Lipinski definition) is 5. The van der Waals surface area contributed by atoms with Crippen LogP contribution in [0.15, 0.2) is 36.7 Å². The summed E-state index contributed by atoms with van der Waals surface area (Å²) in [5.74, 6) is -0.246. The number of carbonyl (C=O) groups is 1. The van der Waals surface area contributed by atoms with E-state index >= 15 is 0 Å². The van der Waals surface area contributed by atoms with Crippen molar-refractivity contribution in [2.24, 2.45) is 7.05 Å². The van der Waals surface area contributed by atoms with Crippen molar-refractivity contribution in [3.8, 4) is 0 Å². The van der Waals surface area contributed by atoms with Crippen LogP contribution in [0.25, 0.3) is 0 Å². The van der Waals surface area contributed by atoms with Crippen LogP contribution in [0.2, 0.25) is 0 Å². The van der Waals surface area contributed by atoms with Gasteiger partial charge in [0.15, 0.2) is 0 Å². The number of methoxy groups -OCH3 is 1. The lowest BCUT2D eigenvalue weighted by Gasteiger charge is -2.43. The molecule has 2 unspecified atom stereocenters. The zero-order valence-corrected chi connectivity index (χ0v) is 15.2. The van der Waals surface area contributed by atoms with Gasteiger partial charge in [0, 0.05) is 31.9 Å². The molecule has 0 N–H and O–H groups in total. The number of morpholine rings is 1. The van der Waals surface area contributed by atoms with E-state index in [4.69, 9.17) is 9.47 Å². The molecule has 1 fully saturated rings. The van der Waals surface area contributed by atoms with Crippen molar-refractivity contribution in [1.29, 1.82) is 0 Å². The highest BCUT2D eigenvalue weighted by atomic mass is 16.5. The van der Waals surface area contributed by atoms with Gasteiger partial charge in [0.2, 0.25) is 0 Å². The minimum absolute atomic E-state index is 0.246. The van der Waals surface area contributed by atoms with Crippen LogP contribution >= 0.6 is 0 Å². The zero-order valence-electron chi connectivity index (χ0n) is 15.2. The Morgan fingerprint density at radius 3 is 2.80 bits per heavy atom. The molecule has 2 heterocycles. The van der Waals surface area contributed by atoms with E-state index in [0.29, 0.717) is 19.7 Å². The number of nitrogens with zero attached hydrogens (tertiary/aromatic N) is 3. The molecule has 1 aliphatic heterocycles. The van der Waals surface area contributed by atoms with Gasteiger partial charge in [0.1, 0.15) is 11.6 Å². The lowest BCUT2D eigenvalue weighted by atomic mass is 9.93. The van der Waals surface area contributed by atoms with Crippen molar-refractivity contribution in [3.63, 3.8) is 0 Å². The topological polar surface area (TPSA) is 56.6 Å². The van der Waals surface area contributed by atoms with Crippen LogP contribution in [0.3, 0.4) is 0 Å². The first-order chi connectivity index (χ1) is 11.9. The van der Waals surface area contributed by atoms with Crippen LogP contribution in [-0.2, 0) is 26.9 Å². The van der Waals surface area contributed by atoms with Gasteiger partial charge in [-0.05, 0) is 25.0 Å². The van der Waals surface area contributed by atoms with Crippen LogP contribution in [0.1, 0.15) is 29.7 Å². The highest BCUT2D eigenvalue weighted by molar-refractivity contribution is 5.78. The molecule has 3 rings (SSSR count). The molecule has 0 spiro atoms. The first kappa shape index (κ1) is 17.6. The number of aromatic nitrogens is 2. The normalized spacial score (nSPS) is 22.6. The second kappa shape index (κ2) is 6.98. The summed E-state index contributed by atoms with van der Waals surface area (Å²) in [4.78, 5) is 14.7. The molecule has 6 nitrogen and oxygen atoms in total. The highest BCUT2D eigenvalue weighted by Gasteiger charge is 2.40. The van der Waals surface area contributed by atoms with E-state index in [1.807, 2.05) is 57.6 Å². The Balaban J connectivity index is 1.94. The number of rotatable bonds is 4. The summed E-state index contributed by atoms with van der Waals surface area (Å²) in [6, 6.07) is 7.51. The summed E-state index contributed by atoms with van der Waals surface area (Å²) >= 11 is 0. The second-order valence-electron chi connectivity index (χ2n) is 6.73. The molecule has 1 aromatic heterocycles.